The molecule has 0 aliphatic carbocycles. The molecule has 0 spiro atoms. The quantitative estimate of drug-likeness (QED) is 0.877. The largest absolute Gasteiger partial charge is 0.345 e. The molecule has 0 bridgehead atoms. The number of amides is 3. The maximum absolute atomic E-state index is 12.3. The lowest BCUT2D eigenvalue weighted by Crippen LogP contribution is -2.46. The Bertz CT molecular complexity index is 596. The van der Waals surface area contributed by atoms with Crippen LogP contribution in [0.4, 0.5) is 4.79 Å². The molecule has 3 amide bonds. The molecular formula is C14H16ClN3O2. The summed E-state index contributed by atoms with van der Waals surface area (Å²) in [6.45, 7) is 1.71. The Kier molecular flexibility index (Phi) is 3.99. The number of carbonyl (C=O) groups excluding carboxylic acids is 2. The van der Waals surface area contributed by atoms with E-state index in [-0.39, 0.29) is 11.9 Å². The molecule has 5 nitrogen and oxygen atoms in total. The molecule has 0 aromatic heterocycles. The summed E-state index contributed by atoms with van der Waals surface area (Å²) >= 11 is 6.18. The van der Waals surface area contributed by atoms with Crippen molar-refractivity contribution in [3.05, 3.63) is 46.1 Å². The third-order valence-electron chi connectivity index (χ3n) is 3.12. The highest BCUT2D eigenvalue weighted by Crippen LogP contribution is 2.31. The van der Waals surface area contributed by atoms with E-state index in [0.717, 1.165) is 0 Å². The summed E-state index contributed by atoms with van der Waals surface area (Å²) in [6, 6.07) is 6.27. The molecule has 0 radical (unpaired) electrons. The number of hydrogen-bond acceptors (Lipinski definition) is 2. The van der Waals surface area contributed by atoms with Crippen LogP contribution in [0.1, 0.15) is 18.5 Å². The Hall–Kier alpha value is -2.01. The van der Waals surface area contributed by atoms with E-state index in [1.54, 1.807) is 39.2 Å². The van der Waals surface area contributed by atoms with Crippen molar-refractivity contribution in [3.63, 3.8) is 0 Å². The van der Waals surface area contributed by atoms with Gasteiger partial charge in [0.05, 0.1) is 11.6 Å². The minimum atomic E-state index is -0.549. The molecule has 1 aromatic rings. The van der Waals surface area contributed by atoms with Crippen LogP contribution in [0.3, 0.4) is 0 Å². The first-order valence-corrected chi connectivity index (χ1v) is 6.54. The van der Waals surface area contributed by atoms with E-state index in [2.05, 4.69) is 10.6 Å². The molecule has 2 rings (SSSR count). The monoisotopic (exact) mass is 293 g/mol. The van der Waals surface area contributed by atoms with Crippen LogP contribution in [-0.4, -0.2) is 30.9 Å². The van der Waals surface area contributed by atoms with Crippen LogP contribution in [0.25, 0.3) is 0 Å². The maximum Gasteiger partial charge on any atom is 0.319 e. The Labute approximate surface area is 122 Å². The van der Waals surface area contributed by atoms with Gasteiger partial charge in [0.2, 0.25) is 0 Å². The van der Waals surface area contributed by atoms with Gasteiger partial charge in [0.15, 0.2) is 0 Å². The Morgan fingerprint density at radius 3 is 2.55 bits per heavy atom. The number of likely N-dealkylation sites (N-methyl/N-ethyl adjacent to an activating group) is 1. The molecule has 0 fully saturated rings. The standard InChI is InChI=1S/C14H16ClN3O2/c1-8-11(13(19)18(2)3)12(17-14(20)16-8)9-6-4-5-7-10(9)15/h4-7,12H,1-3H3,(H2,16,17,20). The number of nitrogens with zero attached hydrogens (tertiary/aromatic N) is 1. The molecule has 1 unspecified atom stereocenters. The first-order valence-electron chi connectivity index (χ1n) is 6.16. The van der Waals surface area contributed by atoms with Crippen LogP contribution in [0.15, 0.2) is 35.5 Å². The zero-order valence-electron chi connectivity index (χ0n) is 11.5. The van der Waals surface area contributed by atoms with Gasteiger partial charge < -0.3 is 15.5 Å². The summed E-state index contributed by atoms with van der Waals surface area (Å²) in [7, 11) is 3.34. The fourth-order valence-electron chi connectivity index (χ4n) is 2.16. The SMILES string of the molecule is CC1=C(C(=O)N(C)C)C(c2ccccc2Cl)NC(=O)N1. The van der Waals surface area contributed by atoms with Crippen molar-refractivity contribution in [1.82, 2.24) is 15.5 Å². The Morgan fingerprint density at radius 1 is 1.30 bits per heavy atom. The minimum absolute atomic E-state index is 0.167. The van der Waals surface area contributed by atoms with Crippen LogP contribution in [0, 0.1) is 0 Å². The summed E-state index contributed by atoms with van der Waals surface area (Å²) < 4.78 is 0. The number of benzene rings is 1. The lowest BCUT2D eigenvalue weighted by Gasteiger charge is -2.30. The highest BCUT2D eigenvalue weighted by Gasteiger charge is 2.32. The predicted octanol–water partition coefficient (Wildman–Crippen LogP) is 2.06. The second kappa shape index (κ2) is 5.54. The lowest BCUT2D eigenvalue weighted by molar-refractivity contribution is -0.125. The topological polar surface area (TPSA) is 61.4 Å². The molecule has 1 atom stereocenters. The summed E-state index contributed by atoms with van der Waals surface area (Å²) in [4.78, 5) is 25.5. The molecule has 106 valence electrons. The van der Waals surface area contributed by atoms with Crippen molar-refractivity contribution in [2.24, 2.45) is 0 Å². The second-order valence-electron chi connectivity index (χ2n) is 4.79. The smallest absolute Gasteiger partial charge is 0.319 e. The number of nitrogens with one attached hydrogen (secondary N) is 2. The van der Waals surface area contributed by atoms with E-state index < -0.39 is 6.04 Å². The van der Waals surface area contributed by atoms with Crippen molar-refractivity contribution in [2.45, 2.75) is 13.0 Å². The molecular weight excluding hydrogens is 278 g/mol. The molecule has 1 aliphatic heterocycles. The van der Waals surface area contributed by atoms with Gasteiger partial charge in [0.1, 0.15) is 0 Å². The Balaban J connectivity index is 2.54. The number of urea groups is 1. The van der Waals surface area contributed by atoms with Crippen molar-refractivity contribution in [3.8, 4) is 0 Å². The summed E-state index contributed by atoms with van der Waals surface area (Å²) in [5.74, 6) is -0.167. The van der Waals surface area contributed by atoms with Gasteiger partial charge in [-0.3, -0.25) is 4.79 Å². The maximum atomic E-state index is 12.3. The van der Waals surface area contributed by atoms with Crippen molar-refractivity contribution in [2.75, 3.05) is 14.1 Å². The minimum Gasteiger partial charge on any atom is -0.345 e. The van der Waals surface area contributed by atoms with Crippen LogP contribution in [0.2, 0.25) is 5.02 Å². The number of hydrogen-bond donors (Lipinski definition) is 2. The second-order valence-corrected chi connectivity index (χ2v) is 5.20. The summed E-state index contributed by atoms with van der Waals surface area (Å²) in [6.07, 6.45) is 0. The molecule has 0 saturated carbocycles. The first-order chi connectivity index (χ1) is 9.41. The van der Waals surface area contributed by atoms with Gasteiger partial charge >= 0.3 is 6.03 Å². The average Bonchev–Trinajstić information content (AvgIpc) is 2.37. The molecule has 0 saturated heterocycles. The molecule has 1 aliphatic rings. The van der Waals surface area contributed by atoms with Gasteiger partial charge in [-0.15, -0.1) is 0 Å². The van der Waals surface area contributed by atoms with E-state index in [4.69, 9.17) is 11.6 Å². The number of rotatable bonds is 2. The first kappa shape index (κ1) is 14.4. The molecule has 2 N–H and O–H groups in total. The third kappa shape index (κ3) is 2.63. The molecule has 1 aromatic carbocycles. The van der Waals surface area contributed by atoms with E-state index in [1.807, 2.05) is 6.07 Å². The van der Waals surface area contributed by atoms with Gasteiger partial charge in [-0.05, 0) is 18.6 Å². The van der Waals surface area contributed by atoms with Crippen molar-refractivity contribution in [1.29, 1.82) is 0 Å². The van der Waals surface area contributed by atoms with Gasteiger partial charge in [-0.25, -0.2) is 4.79 Å². The van der Waals surface area contributed by atoms with Crippen molar-refractivity contribution >= 4 is 23.5 Å². The van der Waals surface area contributed by atoms with Crippen LogP contribution < -0.4 is 10.6 Å². The zero-order valence-corrected chi connectivity index (χ0v) is 12.3. The van der Waals surface area contributed by atoms with E-state index in [0.29, 0.717) is 21.9 Å². The Morgan fingerprint density at radius 2 is 1.95 bits per heavy atom. The number of halogens is 1. The lowest BCUT2D eigenvalue weighted by atomic mass is 9.94. The van der Waals surface area contributed by atoms with Gasteiger partial charge in [-0.1, -0.05) is 29.8 Å². The van der Waals surface area contributed by atoms with Crippen LogP contribution in [0.5, 0.6) is 0 Å². The fourth-order valence-corrected chi connectivity index (χ4v) is 2.41. The number of allylic oxidation sites excluding steroid dienone is 1. The summed E-state index contributed by atoms with van der Waals surface area (Å²) in [5, 5.41) is 5.88. The normalized spacial score (nSPS) is 18.4. The molecule has 20 heavy (non-hydrogen) atoms. The third-order valence-corrected chi connectivity index (χ3v) is 3.47. The van der Waals surface area contributed by atoms with E-state index in [1.165, 1.54) is 4.90 Å². The number of carbonyl (C=O) groups is 2. The van der Waals surface area contributed by atoms with Crippen LogP contribution in [-0.2, 0) is 4.79 Å². The van der Waals surface area contributed by atoms with E-state index >= 15 is 0 Å². The average molecular weight is 294 g/mol. The fraction of sp³-hybridized carbons (Fsp3) is 0.286. The highest BCUT2D eigenvalue weighted by molar-refractivity contribution is 6.31. The van der Waals surface area contributed by atoms with Crippen LogP contribution >= 0.6 is 11.6 Å². The van der Waals surface area contributed by atoms with Gasteiger partial charge in [0.25, 0.3) is 5.91 Å². The van der Waals surface area contributed by atoms with E-state index in [9.17, 15) is 9.59 Å². The van der Waals surface area contributed by atoms with Crippen molar-refractivity contribution < 1.29 is 9.59 Å². The highest BCUT2D eigenvalue weighted by atomic mass is 35.5. The zero-order chi connectivity index (χ0) is 14.9. The predicted molar refractivity (Wildman–Crippen MR) is 77.3 cm³/mol. The molecule has 6 heteroatoms. The van der Waals surface area contributed by atoms with Gasteiger partial charge in [-0.2, -0.15) is 0 Å². The summed E-state index contributed by atoms with van der Waals surface area (Å²) in [5.41, 5.74) is 1.73. The van der Waals surface area contributed by atoms with Gasteiger partial charge in [0, 0.05) is 24.8 Å². The molecule has 1 heterocycles.